The third-order valence-electron chi connectivity index (χ3n) is 6.31. The van der Waals surface area contributed by atoms with E-state index >= 15 is 0 Å². The van der Waals surface area contributed by atoms with Gasteiger partial charge in [0.1, 0.15) is 18.4 Å². The van der Waals surface area contributed by atoms with Gasteiger partial charge < -0.3 is 10.2 Å². The van der Waals surface area contributed by atoms with Crippen molar-refractivity contribution in [2.45, 2.75) is 32.9 Å². The van der Waals surface area contributed by atoms with E-state index in [9.17, 15) is 22.4 Å². The van der Waals surface area contributed by atoms with Crippen molar-refractivity contribution >= 4 is 27.5 Å². The van der Waals surface area contributed by atoms with Crippen LogP contribution in [0, 0.1) is 19.7 Å². The van der Waals surface area contributed by atoms with E-state index in [0.717, 1.165) is 27.3 Å². The number of rotatable bonds is 10. The maximum atomic E-state index is 13.9. The fourth-order valence-electron chi connectivity index (χ4n) is 4.11. The molecule has 0 saturated heterocycles. The number of benzene rings is 3. The zero-order valence-corrected chi connectivity index (χ0v) is 22.3. The number of hydrogen-bond donors (Lipinski definition) is 1. The second kappa shape index (κ2) is 12.0. The number of aryl methyl sites for hydroxylation is 1. The van der Waals surface area contributed by atoms with E-state index in [1.165, 1.54) is 36.2 Å². The van der Waals surface area contributed by atoms with Crippen LogP contribution in [-0.2, 0) is 32.6 Å². The topological polar surface area (TPSA) is 86.8 Å². The summed E-state index contributed by atoms with van der Waals surface area (Å²) in [5.74, 6) is -1.37. The number of halogens is 1. The van der Waals surface area contributed by atoms with Crippen molar-refractivity contribution in [3.8, 4) is 0 Å². The highest BCUT2D eigenvalue weighted by molar-refractivity contribution is 7.92. The van der Waals surface area contributed by atoms with Crippen molar-refractivity contribution < 1.29 is 22.4 Å². The molecule has 1 unspecified atom stereocenters. The number of amides is 2. The smallest absolute Gasteiger partial charge is 0.244 e. The highest BCUT2D eigenvalue weighted by Crippen LogP contribution is 2.26. The van der Waals surface area contributed by atoms with Crippen LogP contribution in [0.4, 0.5) is 10.1 Å². The lowest BCUT2D eigenvalue weighted by Crippen LogP contribution is -2.53. The van der Waals surface area contributed by atoms with Crippen molar-refractivity contribution in [1.82, 2.24) is 10.2 Å². The van der Waals surface area contributed by atoms with Crippen molar-refractivity contribution in [2.75, 3.05) is 24.2 Å². The minimum Gasteiger partial charge on any atom is -0.357 e. The van der Waals surface area contributed by atoms with Crippen LogP contribution in [0.15, 0.2) is 72.8 Å². The predicted molar refractivity (Wildman–Crippen MR) is 143 cm³/mol. The number of carbonyl (C=O) groups excluding carboxylic acids is 2. The summed E-state index contributed by atoms with van der Waals surface area (Å²) < 4.78 is 40.3. The Kier molecular flexibility index (Phi) is 9.04. The first-order valence-electron chi connectivity index (χ1n) is 11.8. The molecule has 3 rings (SSSR count). The second-order valence-electron chi connectivity index (χ2n) is 8.96. The molecule has 37 heavy (non-hydrogen) atoms. The van der Waals surface area contributed by atoms with Gasteiger partial charge in [-0.25, -0.2) is 12.8 Å². The molecule has 0 aliphatic heterocycles. The molecule has 9 heteroatoms. The maximum Gasteiger partial charge on any atom is 0.244 e. The Morgan fingerprint density at radius 3 is 2.16 bits per heavy atom. The van der Waals surface area contributed by atoms with Gasteiger partial charge in [0, 0.05) is 20.0 Å². The van der Waals surface area contributed by atoms with E-state index in [-0.39, 0.29) is 13.0 Å². The summed E-state index contributed by atoms with van der Waals surface area (Å²) in [6, 6.07) is 19.2. The third-order valence-corrected chi connectivity index (χ3v) is 7.43. The number of hydrogen-bond acceptors (Lipinski definition) is 4. The van der Waals surface area contributed by atoms with Gasteiger partial charge in [0.2, 0.25) is 21.8 Å². The molecule has 0 saturated carbocycles. The summed E-state index contributed by atoms with van der Waals surface area (Å²) in [5, 5.41) is 2.62. The molecular weight excluding hydrogens is 493 g/mol. The zero-order chi connectivity index (χ0) is 27.2. The van der Waals surface area contributed by atoms with Gasteiger partial charge in [0.15, 0.2) is 0 Å². The fourth-order valence-corrected chi connectivity index (χ4v) is 5.01. The molecule has 0 radical (unpaired) electrons. The van der Waals surface area contributed by atoms with Gasteiger partial charge in [-0.15, -0.1) is 0 Å². The number of nitrogens with zero attached hydrogens (tertiary/aromatic N) is 2. The molecule has 7 nitrogen and oxygen atoms in total. The lowest BCUT2D eigenvalue weighted by Gasteiger charge is -2.33. The normalized spacial score (nSPS) is 12.0. The van der Waals surface area contributed by atoms with Crippen LogP contribution in [0.1, 0.15) is 22.3 Å². The van der Waals surface area contributed by atoms with Crippen molar-refractivity contribution in [3.63, 3.8) is 0 Å². The molecule has 0 aliphatic carbocycles. The van der Waals surface area contributed by atoms with Crippen molar-refractivity contribution in [2.24, 2.45) is 0 Å². The molecule has 3 aromatic rings. The van der Waals surface area contributed by atoms with E-state index in [0.29, 0.717) is 11.3 Å². The Bertz CT molecular complexity index is 1350. The van der Waals surface area contributed by atoms with Gasteiger partial charge in [-0.3, -0.25) is 13.9 Å². The van der Waals surface area contributed by atoms with Gasteiger partial charge in [-0.1, -0.05) is 54.6 Å². The lowest BCUT2D eigenvalue weighted by atomic mass is 10.0. The monoisotopic (exact) mass is 525 g/mol. The van der Waals surface area contributed by atoms with Gasteiger partial charge in [0.25, 0.3) is 0 Å². The highest BCUT2D eigenvalue weighted by Gasteiger charge is 2.33. The van der Waals surface area contributed by atoms with Crippen molar-refractivity contribution in [3.05, 3.63) is 101 Å². The number of sulfonamides is 1. The van der Waals surface area contributed by atoms with Gasteiger partial charge in [-0.2, -0.15) is 0 Å². The van der Waals surface area contributed by atoms with Crippen LogP contribution < -0.4 is 9.62 Å². The zero-order valence-electron chi connectivity index (χ0n) is 21.4. The van der Waals surface area contributed by atoms with Crippen LogP contribution in [0.25, 0.3) is 0 Å². The molecule has 0 aromatic heterocycles. The Morgan fingerprint density at radius 1 is 0.919 bits per heavy atom. The summed E-state index contributed by atoms with van der Waals surface area (Å²) in [7, 11) is -2.35. The second-order valence-corrected chi connectivity index (χ2v) is 10.9. The minimum atomic E-state index is -3.84. The number of carbonyl (C=O) groups is 2. The van der Waals surface area contributed by atoms with Crippen LogP contribution in [0.3, 0.4) is 0 Å². The first-order chi connectivity index (χ1) is 17.5. The third kappa shape index (κ3) is 7.16. The Labute approximate surface area is 218 Å². The molecule has 1 N–H and O–H groups in total. The molecule has 1 atom stereocenters. The Balaban J connectivity index is 2.05. The Morgan fingerprint density at radius 2 is 1.57 bits per heavy atom. The van der Waals surface area contributed by atoms with Gasteiger partial charge >= 0.3 is 0 Å². The Hall–Kier alpha value is -3.72. The van der Waals surface area contributed by atoms with Crippen LogP contribution in [-0.4, -0.2) is 51.0 Å². The molecule has 0 bridgehead atoms. The summed E-state index contributed by atoms with van der Waals surface area (Å²) in [4.78, 5) is 28.3. The molecule has 0 fully saturated rings. The number of likely N-dealkylation sites (N-methyl/N-ethyl adjacent to an activating group) is 1. The minimum absolute atomic E-state index is 0.00552. The molecule has 0 spiro atoms. The summed E-state index contributed by atoms with van der Waals surface area (Å²) in [6.45, 7) is 3.16. The standard InChI is InChI=1S/C28H32FN3O4S/c1-20-9-8-12-25(21(20)2)32(37(4,35)36)19-27(33)31(18-23-13-15-24(29)16-14-23)26(28(34)30-3)17-22-10-6-5-7-11-22/h5-16,26H,17-19H2,1-4H3,(H,30,34). The quantitative estimate of drug-likeness (QED) is 0.438. The fraction of sp³-hybridized carbons (Fsp3) is 0.286. The van der Waals surface area contributed by atoms with E-state index in [1.807, 2.05) is 43.3 Å². The first kappa shape index (κ1) is 27.9. The molecule has 196 valence electrons. The van der Waals surface area contributed by atoms with Crippen LogP contribution in [0.5, 0.6) is 0 Å². The van der Waals surface area contributed by atoms with E-state index < -0.39 is 40.2 Å². The SMILES string of the molecule is CNC(=O)C(Cc1ccccc1)N(Cc1ccc(F)cc1)C(=O)CN(c1cccc(C)c1C)S(C)(=O)=O. The summed E-state index contributed by atoms with van der Waals surface area (Å²) in [6.07, 6.45) is 1.27. The summed E-state index contributed by atoms with van der Waals surface area (Å²) in [5.41, 5.74) is 3.46. The van der Waals surface area contributed by atoms with Crippen LogP contribution >= 0.6 is 0 Å². The molecule has 3 aromatic carbocycles. The summed E-state index contributed by atoms with van der Waals surface area (Å²) >= 11 is 0. The largest absolute Gasteiger partial charge is 0.357 e. The molecule has 0 heterocycles. The van der Waals surface area contributed by atoms with E-state index in [1.54, 1.807) is 19.1 Å². The molecular formula is C28H32FN3O4S. The molecule has 2 amide bonds. The predicted octanol–water partition coefficient (Wildman–Crippen LogP) is 3.59. The highest BCUT2D eigenvalue weighted by atomic mass is 32.2. The average Bonchev–Trinajstić information content (AvgIpc) is 2.87. The number of nitrogens with one attached hydrogen (secondary N) is 1. The first-order valence-corrected chi connectivity index (χ1v) is 13.7. The lowest BCUT2D eigenvalue weighted by molar-refractivity contribution is -0.139. The average molecular weight is 526 g/mol. The number of anilines is 1. The maximum absolute atomic E-state index is 13.9. The van der Waals surface area contributed by atoms with Gasteiger partial charge in [-0.05, 0) is 54.3 Å². The molecule has 0 aliphatic rings. The van der Waals surface area contributed by atoms with E-state index in [4.69, 9.17) is 0 Å². The van der Waals surface area contributed by atoms with Gasteiger partial charge in [0.05, 0.1) is 11.9 Å². The van der Waals surface area contributed by atoms with Crippen LogP contribution in [0.2, 0.25) is 0 Å². The van der Waals surface area contributed by atoms with E-state index in [2.05, 4.69) is 5.32 Å². The van der Waals surface area contributed by atoms with Crippen molar-refractivity contribution in [1.29, 1.82) is 0 Å².